The van der Waals surface area contributed by atoms with E-state index in [2.05, 4.69) is 23.9 Å². The van der Waals surface area contributed by atoms with Crippen LogP contribution in [0.1, 0.15) is 25.6 Å². The molecule has 0 unspecified atom stereocenters. The first-order valence-electron chi connectivity index (χ1n) is 3.74. The van der Waals surface area contributed by atoms with Gasteiger partial charge >= 0.3 is 0 Å². The van der Waals surface area contributed by atoms with Gasteiger partial charge in [-0.25, -0.2) is 9.67 Å². The van der Waals surface area contributed by atoms with Gasteiger partial charge in [0.05, 0.1) is 13.2 Å². The largest absolute Gasteiger partial charge is 0.394 e. The number of hydrogen-bond acceptors (Lipinski definition) is 3. The van der Waals surface area contributed by atoms with Crippen molar-refractivity contribution in [3.63, 3.8) is 0 Å². The van der Waals surface area contributed by atoms with E-state index in [0.717, 1.165) is 5.82 Å². The van der Waals surface area contributed by atoms with E-state index in [0.29, 0.717) is 12.5 Å². The highest BCUT2D eigenvalue weighted by atomic mass is 16.3. The van der Waals surface area contributed by atoms with Crippen LogP contribution in [0.4, 0.5) is 0 Å². The molecule has 0 amide bonds. The molecule has 11 heavy (non-hydrogen) atoms. The van der Waals surface area contributed by atoms with Gasteiger partial charge in [-0.1, -0.05) is 13.8 Å². The summed E-state index contributed by atoms with van der Waals surface area (Å²) in [4.78, 5) is 4.08. The lowest BCUT2D eigenvalue weighted by molar-refractivity contribution is 0.266. The molecule has 1 rings (SSSR count). The minimum absolute atomic E-state index is 0.114. The summed E-state index contributed by atoms with van der Waals surface area (Å²) in [5, 5.41) is 12.6. The lowest BCUT2D eigenvalue weighted by atomic mass is 10.2. The van der Waals surface area contributed by atoms with E-state index in [1.807, 2.05) is 0 Å². The smallest absolute Gasteiger partial charge is 0.138 e. The normalized spacial score (nSPS) is 10.9. The maximum absolute atomic E-state index is 8.66. The van der Waals surface area contributed by atoms with Crippen molar-refractivity contribution in [2.24, 2.45) is 0 Å². The number of aliphatic hydroxyl groups excluding tert-OH is 1. The molecule has 0 saturated heterocycles. The van der Waals surface area contributed by atoms with E-state index in [9.17, 15) is 0 Å². The van der Waals surface area contributed by atoms with Crippen molar-refractivity contribution >= 4 is 0 Å². The third-order valence-electron chi connectivity index (χ3n) is 1.47. The number of nitrogens with zero attached hydrogens (tertiary/aromatic N) is 3. The summed E-state index contributed by atoms with van der Waals surface area (Å²) in [6, 6.07) is 0. The van der Waals surface area contributed by atoms with Crippen molar-refractivity contribution in [3.05, 3.63) is 12.2 Å². The molecular weight excluding hydrogens is 142 g/mol. The van der Waals surface area contributed by atoms with Crippen molar-refractivity contribution in [1.29, 1.82) is 0 Å². The monoisotopic (exact) mass is 155 g/mol. The lowest BCUT2D eigenvalue weighted by Gasteiger charge is -2.05. The topological polar surface area (TPSA) is 50.9 Å². The molecular formula is C7H13N3O. The first kappa shape index (κ1) is 8.20. The van der Waals surface area contributed by atoms with Crippen molar-refractivity contribution in [3.8, 4) is 0 Å². The molecule has 0 bridgehead atoms. The van der Waals surface area contributed by atoms with E-state index in [4.69, 9.17) is 5.11 Å². The van der Waals surface area contributed by atoms with Crippen LogP contribution in [0.15, 0.2) is 6.33 Å². The summed E-state index contributed by atoms with van der Waals surface area (Å²) in [5.74, 6) is 1.29. The fraction of sp³-hybridized carbons (Fsp3) is 0.714. The third kappa shape index (κ3) is 1.77. The Kier molecular flexibility index (Phi) is 2.59. The van der Waals surface area contributed by atoms with Crippen molar-refractivity contribution in [1.82, 2.24) is 14.8 Å². The van der Waals surface area contributed by atoms with Crippen LogP contribution in [-0.2, 0) is 6.54 Å². The molecule has 0 radical (unpaired) electrons. The molecule has 0 saturated carbocycles. The van der Waals surface area contributed by atoms with Crippen molar-refractivity contribution < 1.29 is 5.11 Å². The molecule has 0 aliphatic carbocycles. The summed E-state index contributed by atoms with van der Waals surface area (Å²) in [6.07, 6.45) is 1.52. The van der Waals surface area contributed by atoms with Gasteiger partial charge in [0, 0.05) is 5.92 Å². The zero-order valence-corrected chi connectivity index (χ0v) is 6.86. The van der Waals surface area contributed by atoms with Gasteiger partial charge in [0.15, 0.2) is 0 Å². The summed E-state index contributed by atoms with van der Waals surface area (Å²) < 4.78 is 1.73. The number of rotatable bonds is 3. The van der Waals surface area contributed by atoms with Crippen LogP contribution >= 0.6 is 0 Å². The lowest BCUT2D eigenvalue weighted by Crippen LogP contribution is -2.09. The molecule has 1 aromatic rings. The first-order chi connectivity index (χ1) is 5.25. The van der Waals surface area contributed by atoms with Gasteiger partial charge in [0.25, 0.3) is 0 Å². The van der Waals surface area contributed by atoms with Gasteiger partial charge in [-0.05, 0) is 0 Å². The second kappa shape index (κ2) is 3.48. The third-order valence-corrected chi connectivity index (χ3v) is 1.47. The molecule has 4 heteroatoms. The maximum atomic E-state index is 8.66. The van der Waals surface area contributed by atoms with Crippen LogP contribution in [0.25, 0.3) is 0 Å². The van der Waals surface area contributed by atoms with Gasteiger partial charge in [0.2, 0.25) is 0 Å². The summed E-state index contributed by atoms with van der Waals surface area (Å²) in [6.45, 7) is 4.76. The molecule has 0 fully saturated rings. The zero-order valence-electron chi connectivity index (χ0n) is 6.86. The molecule has 0 atom stereocenters. The number of aromatic nitrogens is 3. The molecule has 1 N–H and O–H groups in total. The molecule has 0 spiro atoms. The van der Waals surface area contributed by atoms with Crippen LogP contribution in [0.2, 0.25) is 0 Å². The van der Waals surface area contributed by atoms with Crippen LogP contribution < -0.4 is 0 Å². The molecule has 62 valence electrons. The predicted molar refractivity (Wildman–Crippen MR) is 41.2 cm³/mol. The van der Waals surface area contributed by atoms with E-state index < -0.39 is 0 Å². The van der Waals surface area contributed by atoms with Crippen molar-refractivity contribution in [2.45, 2.75) is 26.3 Å². The number of aliphatic hydroxyl groups is 1. The van der Waals surface area contributed by atoms with Gasteiger partial charge in [-0.3, -0.25) is 0 Å². The first-order valence-corrected chi connectivity index (χ1v) is 3.74. The fourth-order valence-corrected chi connectivity index (χ4v) is 0.987. The highest BCUT2D eigenvalue weighted by Crippen LogP contribution is 2.08. The van der Waals surface area contributed by atoms with E-state index in [1.165, 1.54) is 6.33 Å². The molecule has 0 aliphatic rings. The van der Waals surface area contributed by atoms with Gasteiger partial charge in [0.1, 0.15) is 12.2 Å². The summed E-state index contributed by atoms with van der Waals surface area (Å²) >= 11 is 0. The standard InChI is InChI=1S/C7H13N3O/c1-6(2)7-8-5-9-10(7)3-4-11/h5-6,11H,3-4H2,1-2H3. The molecule has 1 aromatic heterocycles. The Morgan fingerprint density at radius 3 is 2.91 bits per heavy atom. The van der Waals surface area contributed by atoms with E-state index in [1.54, 1.807) is 4.68 Å². The van der Waals surface area contributed by atoms with Crippen LogP contribution in [0, 0.1) is 0 Å². The Bertz CT molecular complexity index is 219. The Balaban J connectivity index is 2.78. The van der Waals surface area contributed by atoms with Gasteiger partial charge in [-0.2, -0.15) is 5.10 Å². The average molecular weight is 155 g/mol. The Morgan fingerprint density at radius 2 is 2.36 bits per heavy atom. The quantitative estimate of drug-likeness (QED) is 0.687. The molecule has 1 heterocycles. The van der Waals surface area contributed by atoms with E-state index in [-0.39, 0.29) is 6.61 Å². The highest BCUT2D eigenvalue weighted by molar-refractivity contribution is 4.90. The average Bonchev–Trinajstić information content (AvgIpc) is 2.36. The maximum Gasteiger partial charge on any atom is 0.138 e. The van der Waals surface area contributed by atoms with Gasteiger partial charge in [-0.15, -0.1) is 0 Å². The van der Waals surface area contributed by atoms with E-state index >= 15 is 0 Å². The highest BCUT2D eigenvalue weighted by Gasteiger charge is 2.06. The zero-order chi connectivity index (χ0) is 8.27. The van der Waals surface area contributed by atoms with Crippen LogP contribution in [0.5, 0.6) is 0 Å². The second-order valence-corrected chi connectivity index (χ2v) is 2.72. The second-order valence-electron chi connectivity index (χ2n) is 2.72. The molecule has 4 nitrogen and oxygen atoms in total. The fourth-order valence-electron chi connectivity index (χ4n) is 0.987. The SMILES string of the molecule is CC(C)c1ncnn1CCO. The Labute approximate surface area is 65.9 Å². The minimum Gasteiger partial charge on any atom is -0.394 e. The Hall–Kier alpha value is -0.900. The summed E-state index contributed by atoms with van der Waals surface area (Å²) in [5.41, 5.74) is 0. The molecule has 0 aliphatic heterocycles. The molecule has 0 aromatic carbocycles. The van der Waals surface area contributed by atoms with Crippen LogP contribution in [0.3, 0.4) is 0 Å². The van der Waals surface area contributed by atoms with Crippen molar-refractivity contribution in [2.75, 3.05) is 6.61 Å². The predicted octanol–water partition coefficient (Wildman–Crippen LogP) is 0.394. The van der Waals surface area contributed by atoms with Crippen LogP contribution in [-0.4, -0.2) is 26.5 Å². The minimum atomic E-state index is 0.114. The Morgan fingerprint density at radius 1 is 1.64 bits per heavy atom. The van der Waals surface area contributed by atoms with Gasteiger partial charge < -0.3 is 5.11 Å². The number of hydrogen-bond donors (Lipinski definition) is 1. The summed E-state index contributed by atoms with van der Waals surface area (Å²) in [7, 11) is 0.